The highest BCUT2D eigenvalue weighted by atomic mass is 16.4. The van der Waals surface area contributed by atoms with E-state index in [2.05, 4.69) is 20.2 Å². The number of rotatable bonds is 2. The summed E-state index contributed by atoms with van der Waals surface area (Å²) in [6.07, 6.45) is 1.46. The van der Waals surface area contributed by atoms with Gasteiger partial charge in [0.15, 0.2) is 11.5 Å². The van der Waals surface area contributed by atoms with Gasteiger partial charge in [0.25, 0.3) is 5.56 Å². The molecule has 0 radical (unpaired) electrons. The minimum atomic E-state index is -1.27. The van der Waals surface area contributed by atoms with Crippen molar-refractivity contribution in [1.29, 1.82) is 0 Å². The normalized spacial score (nSPS) is 10.0. The predicted octanol–water partition coefficient (Wildman–Crippen LogP) is -0.0749. The molecule has 0 saturated heterocycles. The Hall–Kier alpha value is -2.57. The second kappa shape index (κ2) is 3.89. The lowest BCUT2D eigenvalue weighted by Crippen LogP contribution is -2.14. The van der Waals surface area contributed by atoms with Crippen LogP contribution >= 0.6 is 0 Å². The topological polar surface area (TPSA) is 109 Å². The first-order valence-electron chi connectivity index (χ1n) is 4.29. The average Bonchev–Trinajstić information content (AvgIpc) is 2.29. The molecule has 0 aliphatic carbocycles. The lowest BCUT2D eigenvalue weighted by molar-refractivity contribution is 0.0690. The van der Waals surface area contributed by atoms with Gasteiger partial charge < -0.3 is 10.1 Å². The molecule has 0 amide bonds. The number of hydrogen-bond acceptors (Lipinski definition) is 5. The number of nitrogens with one attached hydrogen (secondary N) is 1. The number of carboxylic acid groups (broad SMARTS) is 1. The molecule has 2 N–H and O–H groups in total. The van der Waals surface area contributed by atoms with Crippen molar-refractivity contribution in [2.75, 3.05) is 0 Å². The molecule has 2 aromatic heterocycles. The quantitative estimate of drug-likeness (QED) is 0.729. The van der Waals surface area contributed by atoms with E-state index < -0.39 is 11.5 Å². The number of H-pyrrole nitrogens is 1. The van der Waals surface area contributed by atoms with Crippen LogP contribution in [0.2, 0.25) is 0 Å². The van der Waals surface area contributed by atoms with Crippen LogP contribution in [0.5, 0.6) is 0 Å². The summed E-state index contributed by atoms with van der Waals surface area (Å²) in [5.74, 6) is -1.19. The number of hydrogen-bond donors (Lipinski definition) is 2. The van der Waals surface area contributed by atoms with Crippen LogP contribution < -0.4 is 5.56 Å². The third-order valence-electron chi connectivity index (χ3n) is 1.78. The van der Waals surface area contributed by atoms with Crippen molar-refractivity contribution in [1.82, 2.24) is 20.2 Å². The summed E-state index contributed by atoms with van der Waals surface area (Å²) in [7, 11) is 0. The average molecular weight is 218 g/mol. The largest absolute Gasteiger partial charge is 0.477 e. The van der Waals surface area contributed by atoms with E-state index in [1.54, 1.807) is 12.1 Å². The van der Waals surface area contributed by atoms with Crippen molar-refractivity contribution in [3.05, 3.63) is 40.4 Å². The molecule has 0 atom stereocenters. The summed E-state index contributed by atoms with van der Waals surface area (Å²) in [5.41, 5.74) is -0.569. The maximum Gasteiger partial charge on any atom is 0.354 e. The molecular weight excluding hydrogens is 212 g/mol. The summed E-state index contributed by atoms with van der Waals surface area (Å²) in [5, 5.41) is 16.1. The Balaban J connectivity index is 2.58. The van der Waals surface area contributed by atoms with Crippen LogP contribution in [0.4, 0.5) is 0 Å². The Bertz CT molecular complexity index is 579. The Labute approximate surface area is 88.8 Å². The molecule has 0 aliphatic rings. The maximum absolute atomic E-state index is 11.2. The number of carboxylic acids is 1. The van der Waals surface area contributed by atoms with Gasteiger partial charge in [0.2, 0.25) is 0 Å². The van der Waals surface area contributed by atoms with E-state index in [1.165, 1.54) is 6.20 Å². The van der Waals surface area contributed by atoms with Gasteiger partial charge in [0.05, 0.1) is 0 Å². The van der Waals surface area contributed by atoms with Crippen LogP contribution in [0, 0.1) is 0 Å². The number of aromatic carboxylic acids is 1. The van der Waals surface area contributed by atoms with E-state index >= 15 is 0 Å². The molecule has 7 nitrogen and oxygen atoms in total. The first-order valence-corrected chi connectivity index (χ1v) is 4.29. The van der Waals surface area contributed by atoms with Crippen molar-refractivity contribution in [3.63, 3.8) is 0 Å². The Kier molecular flexibility index (Phi) is 2.42. The first kappa shape index (κ1) is 9.97. The van der Waals surface area contributed by atoms with E-state index in [0.717, 1.165) is 6.07 Å². The van der Waals surface area contributed by atoms with Gasteiger partial charge in [-0.15, -0.1) is 5.10 Å². The molecule has 7 heteroatoms. The second-order valence-electron chi connectivity index (χ2n) is 2.89. The number of carbonyl (C=O) groups is 1. The maximum atomic E-state index is 11.2. The summed E-state index contributed by atoms with van der Waals surface area (Å²) in [4.78, 5) is 28.0. The molecule has 2 rings (SSSR count). The van der Waals surface area contributed by atoms with Crippen LogP contribution in [0.25, 0.3) is 11.5 Å². The lowest BCUT2D eigenvalue weighted by Gasteiger charge is -1.99. The molecule has 0 bridgehead atoms. The van der Waals surface area contributed by atoms with E-state index in [0.29, 0.717) is 5.69 Å². The van der Waals surface area contributed by atoms with E-state index in [9.17, 15) is 9.59 Å². The van der Waals surface area contributed by atoms with E-state index in [4.69, 9.17) is 5.11 Å². The summed E-state index contributed by atoms with van der Waals surface area (Å²) < 4.78 is 0. The van der Waals surface area contributed by atoms with Gasteiger partial charge in [0.1, 0.15) is 5.69 Å². The Morgan fingerprint density at radius 1 is 1.44 bits per heavy atom. The summed E-state index contributed by atoms with van der Waals surface area (Å²) in [6, 6.07) is 4.08. The van der Waals surface area contributed by atoms with Crippen molar-refractivity contribution in [3.8, 4) is 11.5 Å². The molecule has 2 heterocycles. The molecule has 0 spiro atoms. The van der Waals surface area contributed by atoms with Gasteiger partial charge in [-0.1, -0.05) is 0 Å². The van der Waals surface area contributed by atoms with Gasteiger partial charge in [-0.05, 0) is 12.1 Å². The third-order valence-corrected chi connectivity index (χ3v) is 1.78. The number of nitrogens with zero attached hydrogens (tertiary/aromatic N) is 3. The molecule has 80 valence electrons. The third kappa shape index (κ3) is 1.92. The highest BCUT2D eigenvalue weighted by molar-refractivity contribution is 5.85. The predicted molar refractivity (Wildman–Crippen MR) is 52.8 cm³/mol. The molecule has 0 aromatic carbocycles. The number of aromatic nitrogens is 4. The van der Waals surface area contributed by atoms with Crippen LogP contribution in [0.1, 0.15) is 10.5 Å². The molecular formula is C9H6N4O3. The molecule has 0 fully saturated rings. The zero-order valence-corrected chi connectivity index (χ0v) is 7.91. The van der Waals surface area contributed by atoms with Gasteiger partial charge in [-0.25, -0.2) is 9.78 Å². The van der Waals surface area contributed by atoms with Gasteiger partial charge in [-0.2, -0.15) is 5.10 Å². The van der Waals surface area contributed by atoms with E-state index in [-0.39, 0.29) is 11.5 Å². The minimum absolute atomic E-state index is 0.0815. The van der Waals surface area contributed by atoms with Crippen molar-refractivity contribution < 1.29 is 9.90 Å². The van der Waals surface area contributed by atoms with Gasteiger partial charge in [-0.3, -0.25) is 4.79 Å². The highest BCUT2D eigenvalue weighted by Gasteiger charge is 2.09. The SMILES string of the molecule is O=C(O)c1cc(=O)[nH]c(-c2cccnn2)n1. The van der Waals surface area contributed by atoms with Crippen molar-refractivity contribution in [2.45, 2.75) is 0 Å². The monoisotopic (exact) mass is 218 g/mol. The van der Waals surface area contributed by atoms with Crippen LogP contribution in [-0.2, 0) is 0 Å². The highest BCUT2D eigenvalue weighted by Crippen LogP contribution is 2.07. The smallest absolute Gasteiger partial charge is 0.354 e. The zero-order valence-electron chi connectivity index (χ0n) is 7.91. The van der Waals surface area contributed by atoms with Crippen LogP contribution in [0.3, 0.4) is 0 Å². The van der Waals surface area contributed by atoms with Crippen LogP contribution in [0.15, 0.2) is 29.2 Å². The van der Waals surface area contributed by atoms with Gasteiger partial charge >= 0.3 is 5.97 Å². The van der Waals surface area contributed by atoms with Crippen LogP contribution in [-0.4, -0.2) is 31.2 Å². The molecule has 0 unspecified atom stereocenters. The number of aromatic amines is 1. The molecule has 16 heavy (non-hydrogen) atoms. The van der Waals surface area contributed by atoms with Crippen molar-refractivity contribution >= 4 is 5.97 Å². The first-order chi connectivity index (χ1) is 7.66. The van der Waals surface area contributed by atoms with Crippen molar-refractivity contribution in [2.24, 2.45) is 0 Å². The Morgan fingerprint density at radius 2 is 2.25 bits per heavy atom. The zero-order chi connectivity index (χ0) is 11.5. The minimum Gasteiger partial charge on any atom is -0.477 e. The fourth-order valence-electron chi connectivity index (χ4n) is 1.12. The van der Waals surface area contributed by atoms with Gasteiger partial charge in [0, 0.05) is 12.3 Å². The lowest BCUT2D eigenvalue weighted by atomic mass is 10.3. The molecule has 0 aliphatic heterocycles. The molecule has 0 saturated carbocycles. The Morgan fingerprint density at radius 3 is 2.88 bits per heavy atom. The standard InChI is InChI=1S/C9H6N4O3/c14-7-4-6(9(15)16)11-8(12-7)5-2-1-3-10-13-5/h1-4H,(H,15,16)(H,11,12,14). The summed E-state index contributed by atoms with van der Waals surface area (Å²) in [6.45, 7) is 0. The van der Waals surface area contributed by atoms with E-state index in [1.807, 2.05) is 0 Å². The molecule has 2 aromatic rings. The fraction of sp³-hybridized carbons (Fsp3) is 0. The second-order valence-corrected chi connectivity index (χ2v) is 2.89. The summed E-state index contributed by atoms with van der Waals surface area (Å²) >= 11 is 0. The fourth-order valence-corrected chi connectivity index (χ4v) is 1.12.